The smallest absolute Gasteiger partial charge is 0.233 e. The van der Waals surface area contributed by atoms with E-state index in [9.17, 15) is 14.4 Å². The van der Waals surface area contributed by atoms with E-state index in [4.69, 9.17) is 0 Å². The van der Waals surface area contributed by atoms with Crippen LogP contribution in [0.4, 0.5) is 5.69 Å². The van der Waals surface area contributed by atoms with Crippen LogP contribution in [-0.4, -0.2) is 29.2 Å². The molecule has 0 spiro atoms. The Bertz CT molecular complexity index is 667. The molecule has 5 nitrogen and oxygen atoms in total. The van der Waals surface area contributed by atoms with E-state index in [1.54, 1.807) is 0 Å². The Morgan fingerprint density at radius 1 is 1.04 bits per heavy atom. The molecule has 1 aliphatic carbocycles. The fourth-order valence-corrected chi connectivity index (χ4v) is 4.27. The molecule has 2 fully saturated rings. The van der Waals surface area contributed by atoms with Crippen LogP contribution in [0.25, 0.3) is 0 Å². The molecule has 0 radical (unpaired) electrons. The molecule has 3 rings (SSSR count). The molecule has 0 aromatic heterocycles. The van der Waals surface area contributed by atoms with Crippen LogP contribution < -0.4 is 5.32 Å². The SMILES string of the molecule is CCc1cccc(CC)c1NC(=O)CCN1C(=O)C2CCCCC2C1=O. The van der Waals surface area contributed by atoms with Crippen LogP contribution in [0.3, 0.4) is 0 Å². The second-order valence-corrected chi connectivity index (χ2v) is 7.28. The van der Waals surface area contributed by atoms with Crippen LogP contribution >= 0.6 is 0 Å². The number of hydrogen-bond donors (Lipinski definition) is 1. The average Bonchev–Trinajstić information content (AvgIpc) is 2.91. The van der Waals surface area contributed by atoms with E-state index in [1.807, 2.05) is 18.2 Å². The first-order valence-electron chi connectivity index (χ1n) is 9.82. The summed E-state index contributed by atoms with van der Waals surface area (Å²) in [7, 11) is 0. The van der Waals surface area contributed by atoms with Gasteiger partial charge in [0.15, 0.2) is 0 Å². The molecule has 1 saturated carbocycles. The largest absolute Gasteiger partial charge is 0.326 e. The van der Waals surface area contributed by atoms with Gasteiger partial charge < -0.3 is 5.32 Å². The Balaban J connectivity index is 1.63. The number of amides is 3. The van der Waals surface area contributed by atoms with E-state index >= 15 is 0 Å². The number of nitrogens with zero attached hydrogens (tertiary/aromatic N) is 1. The van der Waals surface area contributed by atoms with Crippen molar-refractivity contribution in [1.29, 1.82) is 0 Å². The minimum absolute atomic E-state index is 0.0734. The van der Waals surface area contributed by atoms with E-state index in [0.29, 0.717) is 0 Å². The number of para-hydroxylation sites is 1. The van der Waals surface area contributed by atoms with Gasteiger partial charge in [0.2, 0.25) is 17.7 Å². The maximum absolute atomic E-state index is 12.5. The third-order valence-electron chi connectivity index (χ3n) is 5.76. The highest BCUT2D eigenvalue weighted by Gasteiger charge is 2.47. The zero-order chi connectivity index (χ0) is 18.7. The zero-order valence-electron chi connectivity index (χ0n) is 15.7. The molecule has 1 N–H and O–H groups in total. The van der Waals surface area contributed by atoms with Gasteiger partial charge in [0.1, 0.15) is 0 Å². The molecule has 3 amide bonds. The van der Waals surface area contributed by atoms with E-state index in [2.05, 4.69) is 19.2 Å². The molecule has 2 unspecified atom stereocenters. The Morgan fingerprint density at radius 2 is 1.58 bits per heavy atom. The van der Waals surface area contributed by atoms with Crippen LogP contribution in [0.5, 0.6) is 0 Å². The molecule has 1 heterocycles. The lowest BCUT2D eigenvalue weighted by Crippen LogP contribution is -2.34. The van der Waals surface area contributed by atoms with E-state index in [1.165, 1.54) is 4.90 Å². The summed E-state index contributed by atoms with van der Waals surface area (Å²) in [5.41, 5.74) is 3.10. The summed E-state index contributed by atoms with van der Waals surface area (Å²) in [4.78, 5) is 38.8. The maximum atomic E-state index is 12.5. The second kappa shape index (κ2) is 8.02. The molecule has 2 atom stereocenters. The molecule has 1 aliphatic heterocycles. The quantitative estimate of drug-likeness (QED) is 0.795. The maximum Gasteiger partial charge on any atom is 0.233 e. The molecular weight excluding hydrogens is 328 g/mol. The van der Waals surface area contributed by atoms with Crippen molar-refractivity contribution in [3.05, 3.63) is 29.3 Å². The summed E-state index contributed by atoms with van der Waals surface area (Å²) in [6.45, 7) is 4.31. The summed E-state index contributed by atoms with van der Waals surface area (Å²) in [6.07, 6.45) is 5.48. The first kappa shape index (κ1) is 18.6. The van der Waals surface area contributed by atoms with Crippen LogP contribution in [0.15, 0.2) is 18.2 Å². The van der Waals surface area contributed by atoms with Gasteiger partial charge in [0, 0.05) is 18.7 Å². The van der Waals surface area contributed by atoms with Gasteiger partial charge in [-0.25, -0.2) is 0 Å². The highest BCUT2D eigenvalue weighted by molar-refractivity contribution is 6.05. The summed E-state index contributed by atoms with van der Waals surface area (Å²) in [5, 5.41) is 3.01. The van der Waals surface area contributed by atoms with Crippen molar-refractivity contribution in [3.8, 4) is 0 Å². The van der Waals surface area contributed by atoms with Crippen molar-refractivity contribution in [3.63, 3.8) is 0 Å². The Labute approximate surface area is 155 Å². The molecule has 26 heavy (non-hydrogen) atoms. The predicted octanol–water partition coefficient (Wildman–Crippen LogP) is 3.32. The first-order valence-corrected chi connectivity index (χ1v) is 9.82. The Morgan fingerprint density at radius 3 is 2.08 bits per heavy atom. The minimum Gasteiger partial charge on any atom is -0.326 e. The van der Waals surface area contributed by atoms with Gasteiger partial charge >= 0.3 is 0 Å². The summed E-state index contributed by atoms with van der Waals surface area (Å²) >= 11 is 0. The van der Waals surface area contributed by atoms with Crippen LogP contribution in [0.2, 0.25) is 0 Å². The molecule has 1 aromatic carbocycles. The summed E-state index contributed by atoms with van der Waals surface area (Å²) in [6, 6.07) is 6.05. The van der Waals surface area contributed by atoms with Crippen molar-refractivity contribution < 1.29 is 14.4 Å². The standard InChI is InChI=1S/C21H28N2O3/c1-3-14-8-7-9-15(4-2)19(14)22-18(24)12-13-23-20(25)16-10-5-6-11-17(16)21(23)26/h7-9,16-17H,3-6,10-13H2,1-2H3,(H,22,24). The first-order chi connectivity index (χ1) is 12.6. The molecule has 0 bridgehead atoms. The van der Waals surface area contributed by atoms with Crippen molar-refractivity contribution in [2.75, 3.05) is 11.9 Å². The Kier molecular flexibility index (Phi) is 5.74. The highest BCUT2D eigenvalue weighted by Crippen LogP contribution is 2.38. The number of aryl methyl sites for hydroxylation is 2. The number of nitrogens with one attached hydrogen (secondary N) is 1. The summed E-state index contributed by atoms with van der Waals surface area (Å²) in [5.74, 6) is -0.582. The topological polar surface area (TPSA) is 66.5 Å². The van der Waals surface area contributed by atoms with Crippen LogP contribution in [0, 0.1) is 11.8 Å². The van der Waals surface area contributed by atoms with Crippen LogP contribution in [-0.2, 0) is 27.2 Å². The van der Waals surface area contributed by atoms with Gasteiger partial charge in [0.05, 0.1) is 11.8 Å². The zero-order valence-corrected chi connectivity index (χ0v) is 15.7. The molecule has 1 aromatic rings. The molecule has 2 aliphatic rings. The number of likely N-dealkylation sites (tertiary alicyclic amines) is 1. The molecule has 5 heteroatoms. The lowest BCUT2D eigenvalue weighted by Gasteiger charge is -2.19. The number of rotatable bonds is 6. The van der Waals surface area contributed by atoms with Gasteiger partial charge in [-0.15, -0.1) is 0 Å². The number of anilines is 1. The van der Waals surface area contributed by atoms with Gasteiger partial charge in [-0.1, -0.05) is 44.9 Å². The lowest BCUT2D eigenvalue weighted by atomic mass is 9.81. The number of carbonyl (C=O) groups excluding carboxylic acids is 3. The molecular formula is C21H28N2O3. The normalized spacial score (nSPS) is 22.5. The summed E-state index contributed by atoms with van der Waals surface area (Å²) < 4.78 is 0. The van der Waals surface area contributed by atoms with Crippen LogP contribution in [0.1, 0.15) is 57.1 Å². The van der Waals surface area contributed by atoms with E-state index in [-0.39, 0.29) is 42.5 Å². The molecule has 140 valence electrons. The lowest BCUT2D eigenvalue weighted by molar-refractivity contribution is -0.140. The van der Waals surface area contributed by atoms with Gasteiger partial charge in [-0.2, -0.15) is 0 Å². The predicted molar refractivity (Wildman–Crippen MR) is 101 cm³/mol. The number of imide groups is 1. The fraction of sp³-hybridized carbons (Fsp3) is 0.571. The fourth-order valence-electron chi connectivity index (χ4n) is 4.27. The van der Waals surface area contributed by atoms with Gasteiger partial charge in [0.25, 0.3) is 0 Å². The highest BCUT2D eigenvalue weighted by atomic mass is 16.2. The molecule has 1 saturated heterocycles. The number of fused-ring (bicyclic) bond motifs is 1. The van der Waals surface area contributed by atoms with Gasteiger partial charge in [-0.05, 0) is 36.8 Å². The average molecular weight is 356 g/mol. The Hall–Kier alpha value is -2.17. The second-order valence-electron chi connectivity index (χ2n) is 7.28. The van der Waals surface area contributed by atoms with E-state index < -0.39 is 0 Å². The monoisotopic (exact) mass is 356 g/mol. The van der Waals surface area contributed by atoms with Crippen molar-refractivity contribution in [1.82, 2.24) is 4.90 Å². The third kappa shape index (κ3) is 3.53. The van der Waals surface area contributed by atoms with Gasteiger partial charge in [-0.3, -0.25) is 19.3 Å². The van der Waals surface area contributed by atoms with Crippen molar-refractivity contribution >= 4 is 23.4 Å². The number of hydrogen-bond acceptors (Lipinski definition) is 3. The van der Waals surface area contributed by atoms with E-state index in [0.717, 1.165) is 55.3 Å². The minimum atomic E-state index is -0.146. The van der Waals surface area contributed by atoms with Crippen molar-refractivity contribution in [2.24, 2.45) is 11.8 Å². The van der Waals surface area contributed by atoms with Crippen molar-refractivity contribution in [2.45, 2.75) is 58.8 Å². The third-order valence-corrected chi connectivity index (χ3v) is 5.76. The number of benzene rings is 1. The number of carbonyl (C=O) groups is 3.